The van der Waals surface area contributed by atoms with Crippen LogP contribution in [0.2, 0.25) is 5.31 Å². The number of hydrogen-bond acceptors (Lipinski definition) is 0. The van der Waals surface area contributed by atoms with Gasteiger partial charge < -0.3 is 0 Å². The smallest absolute Gasteiger partial charge is 0.0633 e. The quantitative estimate of drug-likeness (QED) is 0.512. The third kappa shape index (κ3) is 4.32. The summed E-state index contributed by atoms with van der Waals surface area (Å²) in [6.07, 6.45) is 21.2. The monoisotopic (exact) mass is 246 g/mol. The molecule has 0 aromatic heterocycles. The molecule has 1 heteroatoms. The van der Waals surface area contributed by atoms with Crippen molar-refractivity contribution in [1.82, 2.24) is 0 Å². The van der Waals surface area contributed by atoms with Crippen molar-refractivity contribution in [3.05, 3.63) is 0 Å². The van der Waals surface area contributed by atoms with Crippen LogP contribution in [0.3, 0.4) is 0 Å². The highest BCUT2D eigenvalue weighted by molar-refractivity contribution is 6.15. The third-order valence-corrected chi connectivity index (χ3v) is 5.45. The average molecular weight is 246 g/mol. The summed E-state index contributed by atoms with van der Waals surface area (Å²) >= 11 is 0. The predicted molar refractivity (Wildman–Crippen MR) is 81.2 cm³/mol. The van der Waals surface area contributed by atoms with E-state index in [1.54, 1.807) is 0 Å². The minimum Gasteiger partial charge on any atom is -0.0633 e. The van der Waals surface area contributed by atoms with Crippen molar-refractivity contribution in [3.63, 3.8) is 0 Å². The van der Waals surface area contributed by atoms with Gasteiger partial charge in [0.05, 0.1) is 7.85 Å². The van der Waals surface area contributed by atoms with Gasteiger partial charge in [0.2, 0.25) is 0 Å². The molecular weight excluding hydrogens is 215 g/mol. The molecule has 2 radical (unpaired) electrons. The molecule has 0 nitrogen and oxygen atoms in total. The second-order valence-corrected chi connectivity index (χ2v) is 6.90. The lowest BCUT2D eigenvalue weighted by Gasteiger charge is -2.40. The molecule has 0 unspecified atom stereocenters. The van der Waals surface area contributed by atoms with Gasteiger partial charge in [-0.15, -0.1) is 0 Å². The molecule has 18 heavy (non-hydrogen) atoms. The van der Waals surface area contributed by atoms with Crippen LogP contribution in [0.25, 0.3) is 0 Å². The Labute approximate surface area is 116 Å². The zero-order chi connectivity index (χ0) is 12.7. The highest BCUT2D eigenvalue weighted by Crippen LogP contribution is 2.49. The zero-order valence-corrected chi connectivity index (χ0v) is 12.3. The molecule has 0 amide bonds. The molecule has 0 aliphatic heterocycles. The van der Waals surface area contributed by atoms with E-state index in [0.717, 1.165) is 5.92 Å². The summed E-state index contributed by atoms with van der Waals surface area (Å²) in [5.74, 6) is 0.827. The maximum absolute atomic E-state index is 6.87. The van der Waals surface area contributed by atoms with Crippen LogP contribution in [0.5, 0.6) is 0 Å². The lowest BCUT2D eigenvalue weighted by molar-refractivity contribution is 0.251. The fourth-order valence-electron chi connectivity index (χ4n) is 4.18. The largest absolute Gasteiger partial charge is 0.0750 e. The summed E-state index contributed by atoms with van der Waals surface area (Å²) in [5.41, 5.74) is 0. The second-order valence-electron chi connectivity index (χ2n) is 6.90. The Hall–Kier alpha value is 0.0649. The van der Waals surface area contributed by atoms with Gasteiger partial charge in [-0.05, 0) is 5.92 Å². The Morgan fingerprint density at radius 1 is 0.556 bits per heavy atom. The van der Waals surface area contributed by atoms with E-state index in [-0.39, 0.29) is 5.31 Å². The van der Waals surface area contributed by atoms with Gasteiger partial charge in [-0.1, -0.05) is 102 Å². The summed E-state index contributed by atoms with van der Waals surface area (Å²) < 4.78 is 0. The highest BCUT2D eigenvalue weighted by Gasteiger charge is 2.32. The molecule has 2 aliphatic rings. The molecule has 0 bridgehead atoms. The summed E-state index contributed by atoms with van der Waals surface area (Å²) in [4.78, 5) is 0. The molecule has 0 atom stereocenters. The average Bonchev–Trinajstić information content (AvgIpc) is 2.48. The van der Waals surface area contributed by atoms with E-state index in [0.29, 0.717) is 0 Å². The van der Waals surface area contributed by atoms with Gasteiger partial charge in [0.25, 0.3) is 0 Å². The maximum atomic E-state index is 6.87. The Kier molecular flexibility index (Phi) is 6.11. The van der Waals surface area contributed by atoms with Gasteiger partial charge in [-0.3, -0.25) is 0 Å². The van der Waals surface area contributed by atoms with E-state index in [1.165, 1.54) is 96.3 Å². The van der Waals surface area contributed by atoms with Gasteiger partial charge in [0.15, 0.2) is 0 Å². The van der Waals surface area contributed by atoms with Crippen LogP contribution < -0.4 is 0 Å². The minimum atomic E-state index is 0.199. The molecule has 102 valence electrons. The van der Waals surface area contributed by atoms with Crippen LogP contribution in [0.4, 0.5) is 0 Å². The standard InChI is InChI=1S/C17H31B/c18-17(14-10-6-3-7-11-15-17)16-12-8-4-1-2-5-9-13-16/h16H,1-15H2. The van der Waals surface area contributed by atoms with Crippen molar-refractivity contribution in [1.29, 1.82) is 0 Å². The van der Waals surface area contributed by atoms with E-state index >= 15 is 0 Å². The molecule has 0 N–H and O–H groups in total. The van der Waals surface area contributed by atoms with Gasteiger partial charge in [-0.2, -0.15) is 0 Å². The normalized spacial score (nSPS) is 28.4. The van der Waals surface area contributed by atoms with Crippen molar-refractivity contribution in [2.75, 3.05) is 0 Å². The summed E-state index contributed by atoms with van der Waals surface area (Å²) in [7, 11) is 6.87. The molecule has 0 aromatic rings. The molecule has 2 rings (SSSR count). The predicted octanol–water partition coefficient (Wildman–Crippen LogP) is 5.81. The number of rotatable bonds is 1. The molecule has 0 heterocycles. The Morgan fingerprint density at radius 2 is 0.944 bits per heavy atom. The summed E-state index contributed by atoms with van der Waals surface area (Å²) in [5, 5.41) is 0.199. The van der Waals surface area contributed by atoms with Crippen LogP contribution in [0, 0.1) is 5.92 Å². The van der Waals surface area contributed by atoms with Gasteiger partial charge in [0, 0.05) is 0 Å². The van der Waals surface area contributed by atoms with Crippen LogP contribution >= 0.6 is 0 Å². The van der Waals surface area contributed by atoms with Gasteiger partial charge in [0.1, 0.15) is 0 Å². The number of hydrogen-bond donors (Lipinski definition) is 0. The van der Waals surface area contributed by atoms with Crippen LogP contribution in [-0.2, 0) is 0 Å². The first-order valence-electron chi connectivity index (χ1n) is 8.60. The Bertz CT molecular complexity index is 206. The molecule has 2 aliphatic carbocycles. The first-order chi connectivity index (χ1) is 8.81. The summed E-state index contributed by atoms with van der Waals surface area (Å²) in [6, 6.07) is 0. The van der Waals surface area contributed by atoms with Gasteiger partial charge in [-0.25, -0.2) is 0 Å². The zero-order valence-electron chi connectivity index (χ0n) is 12.3. The van der Waals surface area contributed by atoms with Crippen molar-refractivity contribution in [2.24, 2.45) is 5.92 Å². The molecule has 0 spiro atoms. The molecule has 0 saturated heterocycles. The fraction of sp³-hybridized carbons (Fsp3) is 1.00. The van der Waals surface area contributed by atoms with E-state index in [4.69, 9.17) is 7.85 Å². The maximum Gasteiger partial charge on any atom is 0.0750 e. The Balaban J connectivity index is 1.94. The summed E-state index contributed by atoms with van der Waals surface area (Å²) in [6.45, 7) is 0. The van der Waals surface area contributed by atoms with Crippen LogP contribution in [-0.4, -0.2) is 7.85 Å². The van der Waals surface area contributed by atoms with Crippen LogP contribution in [0.15, 0.2) is 0 Å². The third-order valence-electron chi connectivity index (χ3n) is 5.45. The van der Waals surface area contributed by atoms with E-state index in [9.17, 15) is 0 Å². The SMILES string of the molecule is [B]C1(C2CCCCCCCC2)CCCCCCC1. The molecule has 0 aromatic carbocycles. The van der Waals surface area contributed by atoms with Crippen molar-refractivity contribution >= 4 is 7.85 Å². The van der Waals surface area contributed by atoms with Crippen molar-refractivity contribution < 1.29 is 0 Å². The lowest BCUT2D eigenvalue weighted by atomic mass is 9.53. The van der Waals surface area contributed by atoms with E-state index in [2.05, 4.69) is 0 Å². The topological polar surface area (TPSA) is 0 Å². The first-order valence-corrected chi connectivity index (χ1v) is 8.60. The lowest BCUT2D eigenvalue weighted by Crippen LogP contribution is -2.25. The fourth-order valence-corrected chi connectivity index (χ4v) is 4.18. The highest BCUT2D eigenvalue weighted by atomic mass is 14.3. The first kappa shape index (κ1) is 14.5. The molecular formula is C17H31B. The minimum absolute atomic E-state index is 0.199. The Morgan fingerprint density at radius 3 is 1.44 bits per heavy atom. The van der Waals surface area contributed by atoms with Crippen molar-refractivity contribution in [3.8, 4) is 0 Å². The van der Waals surface area contributed by atoms with E-state index < -0.39 is 0 Å². The molecule has 2 saturated carbocycles. The second kappa shape index (κ2) is 7.60. The van der Waals surface area contributed by atoms with Gasteiger partial charge >= 0.3 is 0 Å². The van der Waals surface area contributed by atoms with E-state index in [1.807, 2.05) is 0 Å². The van der Waals surface area contributed by atoms with Crippen molar-refractivity contribution in [2.45, 2.75) is 102 Å². The molecule has 2 fully saturated rings. The van der Waals surface area contributed by atoms with Crippen LogP contribution in [0.1, 0.15) is 96.3 Å².